The summed E-state index contributed by atoms with van der Waals surface area (Å²) in [6.07, 6.45) is 0.394. The molecule has 1 fully saturated rings. The normalized spacial score (nSPS) is 25.3. The molecule has 1 aliphatic heterocycles. The van der Waals surface area contributed by atoms with Gasteiger partial charge < -0.3 is 4.74 Å². The second-order valence-corrected chi connectivity index (χ2v) is 1.66. The van der Waals surface area contributed by atoms with Crippen LogP contribution in [0.25, 0.3) is 0 Å². The van der Waals surface area contributed by atoms with Crippen molar-refractivity contribution in [3.63, 3.8) is 0 Å². The second kappa shape index (κ2) is 2.26. The fourth-order valence-corrected chi connectivity index (χ4v) is 0.570. The SMILES string of the molecule is FC1C[CH]OCC1. The topological polar surface area (TPSA) is 9.23 Å². The molecule has 0 aromatic carbocycles. The van der Waals surface area contributed by atoms with Crippen LogP contribution in [-0.4, -0.2) is 12.8 Å². The fourth-order valence-electron chi connectivity index (χ4n) is 0.570. The Morgan fingerprint density at radius 1 is 1.71 bits per heavy atom. The lowest BCUT2D eigenvalue weighted by Gasteiger charge is -2.12. The quantitative estimate of drug-likeness (QED) is 0.449. The average Bonchev–Trinajstić information content (AvgIpc) is 1.69. The van der Waals surface area contributed by atoms with Crippen molar-refractivity contribution < 1.29 is 9.13 Å². The number of halogens is 1. The van der Waals surface area contributed by atoms with Gasteiger partial charge in [-0.3, -0.25) is 0 Å². The van der Waals surface area contributed by atoms with E-state index in [0.29, 0.717) is 19.4 Å². The van der Waals surface area contributed by atoms with Crippen molar-refractivity contribution in [2.45, 2.75) is 19.0 Å². The van der Waals surface area contributed by atoms with E-state index in [1.54, 1.807) is 0 Å². The summed E-state index contributed by atoms with van der Waals surface area (Å²) in [5.74, 6) is 0. The molecule has 0 aromatic rings. The molecule has 0 N–H and O–H groups in total. The molecule has 1 nitrogen and oxygen atoms in total. The zero-order valence-electron chi connectivity index (χ0n) is 4.06. The third kappa shape index (κ3) is 1.43. The molecular formula is C5H8FO. The largest absolute Gasteiger partial charge is 0.375 e. The third-order valence-electron chi connectivity index (χ3n) is 1.02. The van der Waals surface area contributed by atoms with Gasteiger partial charge in [0.1, 0.15) is 6.17 Å². The molecular weight excluding hydrogens is 95.1 g/mol. The molecule has 0 aromatic heterocycles. The van der Waals surface area contributed by atoms with Gasteiger partial charge in [0, 0.05) is 19.4 Å². The van der Waals surface area contributed by atoms with Crippen LogP contribution in [0.5, 0.6) is 0 Å². The Labute approximate surface area is 42.5 Å². The number of rotatable bonds is 0. The van der Waals surface area contributed by atoms with Gasteiger partial charge in [-0.1, -0.05) is 0 Å². The molecule has 1 unspecified atom stereocenters. The maximum Gasteiger partial charge on any atom is 0.105 e. The summed E-state index contributed by atoms with van der Waals surface area (Å²) in [5.41, 5.74) is 0. The van der Waals surface area contributed by atoms with E-state index < -0.39 is 6.17 Å². The first kappa shape index (κ1) is 5.04. The summed E-state index contributed by atoms with van der Waals surface area (Å²) >= 11 is 0. The van der Waals surface area contributed by atoms with Gasteiger partial charge in [-0.25, -0.2) is 4.39 Å². The van der Waals surface area contributed by atoms with Crippen LogP contribution in [0.3, 0.4) is 0 Å². The van der Waals surface area contributed by atoms with E-state index in [0.717, 1.165) is 0 Å². The highest BCUT2D eigenvalue weighted by atomic mass is 19.1. The predicted octanol–water partition coefficient (Wildman–Crippen LogP) is 1.30. The second-order valence-electron chi connectivity index (χ2n) is 1.66. The Kier molecular flexibility index (Phi) is 1.63. The number of ether oxygens (including phenoxy) is 1. The first-order valence-corrected chi connectivity index (χ1v) is 2.47. The minimum Gasteiger partial charge on any atom is -0.375 e. The zero-order valence-corrected chi connectivity index (χ0v) is 4.06. The van der Waals surface area contributed by atoms with Crippen LogP contribution < -0.4 is 0 Å². The molecule has 1 aliphatic rings. The van der Waals surface area contributed by atoms with E-state index in [1.165, 1.54) is 6.61 Å². The summed E-state index contributed by atoms with van der Waals surface area (Å²) in [6.45, 7) is 2.09. The lowest BCUT2D eigenvalue weighted by Crippen LogP contribution is -2.11. The van der Waals surface area contributed by atoms with Gasteiger partial charge in [0.05, 0.1) is 6.61 Å². The summed E-state index contributed by atoms with van der Waals surface area (Å²) in [4.78, 5) is 0. The third-order valence-corrected chi connectivity index (χ3v) is 1.02. The highest BCUT2D eigenvalue weighted by Crippen LogP contribution is 2.11. The van der Waals surface area contributed by atoms with Gasteiger partial charge >= 0.3 is 0 Å². The Bertz CT molecular complexity index is 50.0. The van der Waals surface area contributed by atoms with Crippen molar-refractivity contribution in [2.24, 2.45) is 0 Å². The van der Waals surface area contributed by atoms with Crippen molar-refractivity contribution in [1.82, 2.24) is 0 Å². The smallest absolute Gasteiger partial charge is 0.105 e. The van der Waals surface area contributed by atoms with Crippen LogP contribution in [0, 0.1) is 6.61 Å². The number of alkyl halides is 1. The molecule has 1 atom stereocenters. The molecule has 0 saturated carbocycles. The van der Waals surface area contributed by atoms with Crippen molar-refractivity contribution in [1.29, 1.82) is 0 Å². The summed E-state index contributed by atoms with van der Waals surface area (Å²) < 4.78 is 16.8. The highest BCUT2D eigenvalue weighted by molar-refractivity contribution is 4.67. The van der Waals surface area contributed by atoms with Crippen LogP contribution in [0.4, 0.5) is 4.39 Å². The van der Waals surface area contributed by atoms with E-state index in [1.807, 2.05) is 0 Å². The monoisotopic (exact) mass is 103 g/mol. The van der Waals surface area contributed by atoms with Crippen molar-refractivity contribution in [3.05, 3.63) is 6.61 Å². The van der Waals surface area contributed by atoms with Crippen LogP contribution in [0.1, 0.15) is 12.8 Å². The Balaban J connectivity index is 2.12. The van der Waals surface area contributed by atoms with Crippen molar-refractivity contribution in [2.75, 3.05) is 6.61 Å². The van der Waals surface area contributed by atoms with E-state index in [-0.39, 0.29) is 0 Å². The number of hydrogen-bond acceptors (Lipinski definition) is 1. The Morgan fingerprint density at radius 3 is 2.86 bits per heavy atom. The van der Waals surface area contributed by atoms with Gasteiger partial charge in [0.25, 0.3) is 0 Å². The molecule has 0 bridgehead atoms. The summed E-state index contributed by atoms with van der Waals surface area (Å²) in [5, 5.41) is 0. The Hall–Kier alpha value is -0.110. The maximum absolute atomic E-state index is 12.1. The van der Waals surface area contributed by atoms with Crippen molar-refractivity contribution >= 4 is 0 Å². The van der Waals surface area contributed by atoms with Crippen LogP contribution >= 0.6 is 0 Å². The van der Waals surface area contributed by atoms with E-state index in [9.17, 15) is 4.39 Å². The van der Waals surface area contributed by atoms with Crippen LogP contribution in [0.15, 0.2) is 0 Å². The van der Waals surface area contributed by atoms with E-state index in [2.05, 4.69) is 0 Å². The minimum absolute atomic E-state index is 0.472. The minimum atomic E-state index is -0.645. The molecule has 1 heterocycles. The van der Waals surface area contributed by atoms with Crippen molar-refractivity contribution in [3.8, 4) is 0 Å². The fraction of sp³-hybridized carbons (Fsp3) is 0.800. The molecule has 0 spiro atoms. The van der Waals surface area contributed by atoms with Gasteiger partial charge in [-0.2, -0.15) is 0 Å². The first-order chi connectivity index (χ1) is 3.39. The molecule has 1 saturated heterocycles. The van der Waals surface area contributed by atoms with Gasteiger partial charge in [0.15, 0.2) is 0 Å². The molecule has 0 amide bonds. The highest BCUT2D eigenvalue weighted by Gasteiger charge is 2.10. The molecule has 1 radical (unpaired) electrons. The average molecular weight is 103 g/mol. The van der Waals surface area contributed by atoms with Crippen LogP contribution in [0.2, 0.25) is 0 Å². The van der Waals surface area contributed by atoms with Gasteiger partial charge in [0.2, 0.25) is 0 Å². The van der Waals surface area contributed by atoms with Gasteiger partial charge in [-0.05, 0) is 0 Å². The van der Waals surface area contributed by atoms with Crippen LogP contribution in [-0.2, 0) is 4.74 Å². The van der Waals surface area contributed by atoms with E-state index in [4.69, 9.17) is 4.74 Å². The van der Waals surface area contributed by atoms with Gasteiger partial charge in [-0.15, -0.1) is 0 Å². The zero-order chi connectivity index (χ0) is 5.11. The molecule has 0 aliphatic carbocycles. The first-order valence-electron chi connectivity index (χ1n) is 2.47. The molecule has 2 heteroatoms. The lowest BCUT2D eigenvalue weighted by atomic mass is 10.2. The molecule has 1 rings (SSSR count). The Morgan fingerprint density at radius 2 is 2.57 bits per heavy atom. The molecule has 41 valence electrons. The summed E-state index contributed by atoms with van der Waals surface area (Å²) in [6, 6.07) is 0. The van der Waals surface area contributed by atoms with E-state index >= 15 is 0 Å². The maximum atomic E-state index is 12.1. The summed E-state index contributed by atoms with van der Waals surface area (Å²) in [7, 11) is 0. The number of hydrogen-bond donors (Lipinski definition) is 0. The molecule has 7 heavy (non-hydrogen) atoms. The standard InChI is InChI=1S/C5H8FO/c6-5-1-3-7-4-2-5/h3,5H,1-2,4H2. The predicted molar refractivity (Wildman–Crippen MR) is 24.4 cm³/mol. The lowest BCUT2D eigenvalue weighted by molar-refractivity contribution is 0.101.